The highest BCUT2D eigenvalue weighted by Gasteiger charge is 2.33. The molecule has 1 saturated heterocycles. The monoisotopic (exact) mass is 371 g/mol. The Morgan fingerprint density at radius 2 is 1.83 bits per heavy atom. The van der Waals surface area contributed by atoms with Gasteiger partial charge >= 0.3 is 6.03 Å². The Morgan fingerprint density at radius 1 is 1.21 bits per heavy atom. The zero-order valence-corrected chi connectivity index (χ0v) is 15.2. The van der Waals surface area contributed by atoms with Crippen LogP contribution in [0, 0.1) is 5.92 Å². The lowest BCUT2D eigenvalue weighted by Gasteiger charge is -2.34. The molecule has 0 spiro atoms. The topological polar surface area (TPSA) is 69.7 Å². The van der Waals surface area contributed by atoms with Gasteiger partial charge in [0, 0.05) is 32.2 Å². The van der Waals surface area contributed by atoms with E-state index in [-0.39, 0.29) is 35.1 Å². The van der Waals surface area contributed by atoms with Gasteiger partial charge in [0.05, 0.1) is 5.02 Å². The number of carbonyl (C=O) groups is 1. The fraction of sp³-hybridized carbons (Fsp3) is 0.562. The van der Waals surface area contributed by atoms with Crippen LogP contribution in [0.1, 0.15) is 19.8 Å². The first-order valence-corrected chi connectivity index (χ1v) is 10.0. The average Bonchev–Trinajstić information content (AvgIpc) is 3.40. The molecule has 1 aromatic carbocycles. The molecule has 1 aliphatic heterocycles. The molecule has 2 aliphatic rings. The van der Waals surface area contributed by atoms with Crippen LogP contribution in [0.2, 0.25) is 5.02 Å². The number of nitrogens with zero attached hydrogens (tertiary/aromatic N) is 2. The first kappa shape index (κ1) is 17.5. The van der Waals surface area contributed by atoms with E-state index in [1.807, 2.05) is 6.92 Å². The summed E-state index contributed by atoms with van der Waals surface area (Å²) in [4.78, 5) is 14.0. The van der Waals surface area contributed by atoms with E-state index in [1.54, 1.807) is 23.1 Å². The summed E-state index contributed by atoms with van der Waals surface area (Å²) >= 11 is 6.02. The van der Waals surface area contributed by atoms with Gasteiger partial charge in [0.25, 0.3) is 0 Å². The van der Waals surface area contributed by atoms with Crippen molar-refractivity contribution in [3.63, 3.8) is 0 Å². The second kappa shape index (κ2) is 6.90. The Labute approximate surface area is 147 Å². The molecule has 8 heteroatoms. The van der Waals surface area contributed by atoms with E-state index in [0.29, 0.717) is 19.0 Å². The molecule has 2 amide bonds. The molecule has 132 valence electrons. The van der Waals surface area contributed by atoms with Gasteiger partial charge in [0.15, 0.2) is 0 Å². The van der Waals surface area contributed by atoms with Gasteiger partial charge in [-0.3, -0.25) is 0 Å². The second-order valence-electron chi connectivity index (χ2n) is 6.40. The van der Waals surface area contributed by atoms with Crippen LogP contribution >= 0.6 is 11.6 Å². The molecule has 6 nitrogen and oxygen atoms in total. The molecule has 3 rings (SSSR count). The lowest BCUT2D eigenvalue weighted by Crippen LogP contribution is -2.54. The molecule has 24 heavy (non-hydrogen) atoms. The van der Waals surface area contributed by atoms with Crippen molar-refractivity contribution in [3.8, 4) is 0 Å². The summed E-state index contributed by atoms with van der Waals surface area (Å²) in [6.45, 7) is 3.34. The van der Waals surface area contributed by atoms with Gasteiger partial charge in [0.1, 0.15) is 4.90 Å². The fourth-order valence-electron chi connectivity index (χ4n) is 2.92. The number of rotatable bonds is 4. The number of amides is 2. The summed E-state index contributed by atoms with van der Waals surface area (Å²) in [5, 5.41) is 3.22. The number of hydrogen-bond acceptors (Lipinski definition) is 3. The van der Waals surface area contributed by atoms with Crippen molar-refractivity contribution < 1.29 is 13.2 Å². The van der Waals surface area contributed by atoms with Crippen molar-refractivity contribution in [1.29, 1.82) is 0 Å². The molecule has 1 aliphatic carbocycles. The van der Waals surface area contributed by atoms with Gasteiger partial charge in [0.2, 0.25) is 10.0 Å². The number of hydrogen-bond donors (Lipinski definition) is 1. The van der Waals surface area contributed by atoms with Crippen molar-refractivity contribution >= 4 is 27.7 Å². The third-order valence-electron chi connectivity index (χ3n) is 4.66. The molecule has 1 heterocycles. The number of urea groups is 1. The fourth-order valence-corrected chi connectivity index (χ4v) is 4.84. The van der Waals surface area contributed by atoms with E-state index >= 15 is 0 Å². The number of carbonyl (C=O) groups excluding carboxylic acids is 1. The Hall–Kier alpha value is -1.31. The van der Waals surface area contributed by atoms with Crippen LogP contribution in [0.25, 0.3) is 0 Å². The first-order chi connectivity index (χ1) is 11.4. The zero-order chi connectivity index (χ0) is 17.3. The van der Waals surface area contributed by atoms with Gasteiger partial charge in [-0.05, 0) is 37.8 Å². The van der Waals surface area contributed by atoms with Crippen LogP contribution in [-0.2, 0) is 10.0 Å². The van der Waals surface area contributed by atoms with E-state index < -0.39 is 10.0 Å². The second-order valence-corrected chi connectivity index (χ2v) is 8.71. The Balaban J connectivity index is 1.60. The zero-order valence-electron chi connectivity index (χ0n) is 13.6. The predicted octanol–water partition coefficient (Wildman–Crippen LogP) is 2.15. The molecule has 1 aromatic rings. The lowest BCUT2D eigenvalue weighted by molar-refractivity contribution is 0.168. The molecular formula is C16H22ClN3O3S. The van der Waals surface area contributed by atoms with Gasteiger partial charge in [-0.15, -0.1) is 0 Å². The number of halogens is 1. The maximum Gasteiger partial charge on any atom is 0.317 e. The van der Waals surface area contributed by atoms with Crippen molar-refractivity contribution in [1.82, 2.24) is 14.5 Å². The SMILES string of the molecule is C[C@@H](NC(=O)N1CCN(S(=O)(=O)c2ccccc2Cl)CC1)C1CC1. The van der Waals surface area contributed by atoms with Gasteiger partial charge in [-0.2, -0.15) is 4.31 Å². The molecule has 1 N–H and O–H groups in total. The van der Waals surface area contributed by atoms with E-state index in [9.17, 15) is 13.2 Å². The van der Waals surface area contributed by atoms with E-state index in [1.165, 1.54) is 23.2 Å². The Bertz CT molecular complexity index is 713. The summed E-state index contributed by atoms with van der Waals surface area (Å²) in [5.74, 6) is 0.593. The smallest absolute Gasteiger partial charge is 0.317 e. The summed E-state index contributed by atoms with van der Waals surface area (Å²) in [7, 11) is -3.63. The highest BCUT2D eigenvalue weighted by Crippen LogP contribution is 2.32. The van der Waals surface area contributed by atoms with Crippen LogP contribution in [0.15, 0.2) is 29.2 Å². The molecule has 0 unspecified atom stereocenters. The summed E-state index contributed by atoms with van der Waals surface area (Å²) in [6.07, 6.45) is 2.34. The summed E-state index contributed by atoms with van der Waals surface area (Å²) in [6, 6.07) is 6.50. The van der Waals surface area contributed by atoms with Crippen molar-refractivity contribution in [2.45, 2.75) is 30.7 Å². The highest BCUT2D eigenvalue weighted by atomic mass is 35.5. The quantitative estimate of drug-likeness (QED) is 0.881. The van der Waals surface area contributed by atoms with Gasteiger partial charge in [-0.1, -0.05) is 23.7 Å². The lowest BCUT2D eigenvalue weighted by atomic mass is 10.2. The number of sulfonamides is 1. The number of piperazine rings is 1. The van der Waals surface area contributed by atoms with Crippen LogP contribution in [0.3, 0.4) is 0 Å². The predicted molar refractivity (Wildman–Crippen MR) is 92.5 cm³/mol. The molecule has 0 aromatic heterocycles. The molecule has 1 atom stereocenters. The normalized spacial score (nSPS) is 20.7. The third kappa shape index (κ3) is 3.68. The Morgan fingerprint density at radius 3 is 2.42 bits per heavy atom. The molecule has 2 fully saturated rings. The summed E-state index contributed by atoms with van der Waals surface area (Å²) < 4.78 is 26.8. The highest BCUT2D eigenvalue weighted by molar-refractivity contribution is 7.89. The maximum absolute atomic E-state index is 12.7. The minimum Gasteiger partial charge on any atom is -0.335 e. The largest absolute Gasteiger partial charge is 0.335 e. The molecular weight excluding hydrogens is 350 g/mol. The minimum atomic E-state index is -3.63. The third-order valence-corrected chi connectivity index (χ3v) is 7.06. The van der Waals surface area contributed by atoms with Gasteiger partial charge < -0.3 is 10.2 Å². The van der Waals surface area contributed by atoms with E-state index in [4.69, 9.17) is 11.6 Å². The van der Waals surface area contributed by atoms with Gasteiger partial charge in [-0.25, -0.2) is 13.2 Å². The van der Waals surface area contributed by atoms with Crippen LogP contribution in [-0.4, -0.2) is 55.9 Å². The van der Waals surface area contributed by atoms with E-state index in [0.717, 1.165) is 0 Å². The van der Waals surface area contributed by atoms with Crippen molar-refractivity contribution in [2.75, 3.05) is 26.2 Å². The number of benzene rings is 1. The standard InChI is InChI=1S/C16H22ClN3O3S/c1-12(13-6-7-13)18-16(21)19-8-10-20(11-9-19)24(22,23)15-5-3-2-4-14(15)17/h2-5,12-13H,6-11H2,1H3,(H,18,21)/t12-/m1/s1. The van der Waals surface area contributed by atoms with E-state index in [2.05, 4.69) is 5.32 Å². The van der Waals surface area contributed by atoms with Crippen LogP contribution in [0.5, 0.6) is 0 Å². The van der Waals surface area contributed by atoms with Crippen molar-refractivity contribution in [3.05, 3.63) is 29.3 Å². The van der Waals surface area contributed by atoms with Crippen LogP contribution in [0.4, 0.5) is 4.79 Å². The molecule has 0 bridgehead atoms. The molecule has 1 saturated carbocycles. The van der Waals surface area contributed by atoms with Crippen LogP contribution < -0.4 is 5.32 Å². The minimum absolute atomic E-state index is 0.107. The number of nitrogens with one attached hydrogen (secondary N) is 1. The van der Waals surface area contributed by atoms with Crippen molar-refractivity contribution in [2.24, 2.45) is 5.92 Å². The average molecular weight is 372 g/mol. The Kier molecular flexibility index (Phi) is 5.03. The first-order valence-electron chi connectivity index (χ1n) is 8.19. The molecule has 0 radical (unpaired) electrons. The summed E-state index contributed by atoms with van der Waals surface area (Å²) in [5.41, 5.74) is 0. The maximum atomic E-state index is 12.7.